The van der Waals surface area contributed by atoms with E-state index in [1.165, 1.54) is 30.2 Å². The fraction of sp³-hybridized carbons (Fsp3) is 0.581. The van der Waals surface area contributed by atoms with E-state index in [1.54, 1.807) is 24.1 Å². The lowest BCUT2D eigenvalue weighted by molar-refractivity contribution is -0.272. The van der Waals surface area contributed by atoms with Crippen molar-refractivity contribution in [3.63, 3.8) is 0 Å². The summed E-state index contributed by atoms with van der Waals surface area (Å²) in [6.07, 6.45) is 0.832. The smallest absolute Gasteiger partial charge is 0.258 e. The number of ketones is 1. The predicted molar refractivity (Wildman–Crippen MR) is 146 cm³/mol. The fourth-order valence-electron chi connectivity index (χ4n) is 9.03. The number of nitriles is 1. The van der Waals surface area contributed by atoms with E-state index in [2.05, 4.69) is 0 Å². The molecule has 1 amide bonds. The van der Waals surface area contributed by atoms with Gasteiger partial charge in [-0.05, 0) is 67.5 Å². The first-order chi connectivity index (χ1) is 19.3. The Hall–Kier alpha value is -2.64. The standard InChI is InChI=1S/C31H34ClF2N3O4/c1-28-9-8-21(38)13-24(28)25(33)14-23-22-12-19-17-37(16-18-4-6-20(32)7-5-18)41-31(19,27(40)36(3)11-10-35)29(22,2)15-26(39)30(23,28)34/h4-9,13,19,22-23,25-26,39H,11-12,14-17H2,1-3H3/t19-,22-,23-,25-,26-,28-,29-,30-,31-/m0/s1. The van der Waals surface area contributed by atoms with E-state index in [0.29, 0.717) is 24.5 Å². The fourth-order valence-corrected chi connectivity index (χ4v) is 9.16. The summed E-state index contributed by atoms with van der Waals surface area (Å²) < 4.78 is 33.4. The van der Waals surface area contributed by atoms with Crippen molar-refractivity contribution in [2.45, 2.75) is 63.2 Å². The molecule has 0 radical (unpaired) electrons. The van der Waals surface area contributed by atoms with Crippen molar-refractivity contribution < 1.29 is 28.3 Å². The van der Waals surface area contributed by atoms with Crippen molar-refractivity contribution in [1.29, 1.82) is 5.26 Å². The number of hydrogen-bond acceptors (Lipinski definition) is 6. The van der Waals surface area contributed by atoms with Crippen LogP contribution in [0.15, 0.2) is 48.1 Å². The molecule has 1 aliphatic heterocycles. The van der Waals surface area contributed by atoms with Gasteiger partial charge < -0.3 is 10.0 Å². The van der Waals surface area contributed by atoms with E-state index in [4.69, 9.17) is 16.4 Å². The summed E-state index contributed by atoms with van der Waals surface area (Å²) in [7, 11) is 1.54. The molecule has 41 heavy (non-hydrogen) atoms. The number of nitrogens with zero attached hydrogens (tertiary/aromatic N) is 3. The van der Waals surface area contributed by atoms with Crippen LogP contribution >= 0.6 is 11.6 Å². The summed E-state index contributed by atoms with van der Waals surface area (Å²) in [5, 5.41) is 23.4. The summed E-state index contributed by atoms with van der Waals surface area (Å²) in [5.41, 5.74) is -5.29. The van der Waals surface area contributed by atoms with Gasteiger partial charge in [0.1, 0.15) is 12.7 Å². The Kier molecular flexibility index (Phi) is 6.55. The molecule has 4 fully saturated rings. The quantitative estimate of drug-likeness (QED) is 0.528. The van der Waals surface area contributed by atoms with Crippen LogP contribution in [0.25, 0.3) is 0 Å². The van der Waals surface area contributed by atoms with Crippen LogP contribution in [0.2, 0.25) is 5.02 Å². The second-order valence-corrected chi connectivity index (χ2v) is 13.3. The van der Waals surface area contributed by atoms with Crippen molar-refractivity contribution in [2.75, 3.05) is 20.1 Å². The lowest BCUT2D eigenvalue weighted by Gasteiger charge is -2.63. The molecule has 1 aromatic rings. The first kappa shape index (κ1) is 28.5. The Morgan fingerprint density at radius 1 is 1.27 bits per heavy atom. The van der Waals surface area contributed by atoms with Gasteiger partial charge in [-0.1, -0.05) is 36.7 Å². The second kappa shape index (κ2) is 9.43. The zero-order valence-electron chi connectivity index (χ0n) is 23.3. The molecule has 5 aliphatic rings. The van der Waals surface area contributed by atoms with Crippen LogP contribution in [-0.2, 0) is 21.0 Å². The maximum atomic E-state index is 17.6. The lowest BCUT2D eigenvalue weighted by Crippen LogP contribution is -2.71. The van der Waals surface area contributed by atoms with E-state index < -0.39 is 57.9 Å². The summed E-state index contributed by atoms with van der Waals surface area (Å²) in [6.45, 7) is 4.01. The largest absolute Gasteiger partial charge is 0.390 e. The zero-order valence-corrected chi connectivity index (χ0v) is 24.1. The Bertz CT molecular complexity index is 1400. The number of benzene rings is 1. The van der Waals surface area contributed by atoms with Crippen molar-refractivity contribution >= 4 is 23.3 Å². The molecule has 0 bridgehead atoms. The number of carbonyl (C=O) groups is 2. The van der Waals surface area contributed by atoms with Crippen molar-refractivity contribution in [1.82, 2.24) is 9.96 Å². The third-order valence-electron chi connectivity index (χ3n) is 10.9. The predicted octanol–water partition coefficient (Wildman–Crippen LogP) is 4.35. The first-order valence-corrected chi connectivity index (χ1v) is 14.5. The van der Waals surface area contributed by atoms with Crippen LogP contribution in [0.1, 0.15) is 38.7 Å². The maximum absolute atomic E-state index is 17.6. The highest BCUT2D eigenvalue weighted by molar-refractivity contribution is 6.30. The van der Waals surface area contributed by atoms with E-state index in [-0.39, 0.29) is 30.9 Å². The minimum Gasteiger partial charge on any atom is -0.390 e. The monoisotopic (exact) mass is 585 g/mol. The molecule has 9 atom stereocenters. The minimum absolute atomic E-state index is 0.0644. The molecular formula is C31H34ClF2N3O4. The molecule has 1 heterocycles. The van der Waals surface area contributed by atoms with E-state index in [0.717, 1.165) is 5.56 Å². The molecule has 10 heteroatoms. The van der Waals surface area contributed by atoms with Gasteiger partial charge in [0.15, 0.2) is 17.1 Å². The van der Waals surface area contributed by atoms with Crippen LogP contribution in [0, 0.1) is 39.9 Å². The third-order valence-corrected chi connectivity index (χ3v) is 11.2. The summed E-state index contributed by atoms with van der Waals surface area (Å²) in [6, 6.07) is 9.32. The third kappa shape index (κ3) is 3.70. The molecule has 6 rings (SSSR count). The van der Waals surface area contributed by atoms with Crippen molar-refractivity contribution in [2.24, 2.45) is 28.6 Å². The molecular weight excluding hydrogens is 552 g/mol. The number of fused-ring (bicyclic) bond motifs is 7. The lowest BCUT2D eigenvalue weighted by atomic mass is 9.44. The summed E-state index contributed by atoms with van der Waals surface area (Å²) in [4.78, 5) is 34.4. The number of rotatable bonds is 4. The number of aliphatic hydroxyl groups excluding tert-OH is 1. The second-order valence-electron chi connectivity index (χ2n) is 12.9. The number of carbonyl (C=O) groups excluding carboxylic acids is 2. The van der Waals surface area contributed by atoms with E-state index in [1.807, 2.05) is 25.1 Å². The van der Waals surface area contributed by atoms with Gasteiger partial charge in [-0.3, -0.25) is 14.4 Å². The number of aliphatic hydroxyl groups is 1. The molecule has 4 aliphatic carbocycles. The number of amides is 1. The highest BCUT2D eigenvalue weighted by Crippen LogP contribution is 2.72. The van der Waals surface area contributed by atoms with Crippen LogP contribution < -0.4 is 0 Å². The Balaban J connectivity index is 1.42. The highest BCUT2D eigenvalue weighted by Gasteiger charge is 2.80. The first-order valence-electron chi connectivity index (χ1n) is 14.1. The van der Waals surface area contributed by atoms with Gasteiger partial charge in [0.25, 0.3) is 5.91 Å². The van der Waals surface area contributed by atoms with E-state index in [9.17, 15) is 20.0 Å². The number of halogens is 3. The van der Waals surface area contributed by atoms with Gasteiger partial charge in [0, 0.05) is 47.8 Å². The normalized spacial score (nSPS) is 42.9. The molecule has 0 spiro atoms. The average Bonchev–Trinajstić information content (AvgIpc) is 3.40. The maximum Gasteiger partial charge on any atom is 0.258 e. The molecule has 0 aromatic heterocycles. The molecule has 7 nitrogen and oxygen atoms in total. The molecule has 1 saturated heterocycles. The molecule has 218 valence electrons. The number of hydrogen-bond donors (Lipinski definition) is 1. The Labute approximate surface area is 243 Å². The topological polar surface area (TPSA) is 93.9 Å². The average molecular weight is 586 g/mol. The minimum atomic E-state index is -2.24. The summed E-state index contributed by atoms with van der Waals surface area (Å²) >= 11 is 6.05. The molecule has 3 saturated carbocycles. The summed E-state index contributed by atoms with van der Waals surface area (Å²) in [5.74, 6) is -2.57. The SMILES string of the molecule is CN(CC#N)C(=O)[C@@]12ON(Cc3ccc(Cl)cc3)C[C@@H]1C[C@H]1[C@@H]3C[C@H](F)C4=CC(=O)C=C[C@]4(C)[C@@]3(F)[C@@H](O)C[C@@]12C. The zero-order chi connectivity index (χ0) is 29.5. The van der Waals surface area contributed by atoms with Crippen LogP contribution in [0.3, 0.4) is 0 Å². The molecule has 1 aromatic carbocycles. The Morgan fingerprint density at radius 2 is 1.98 bits per heavy atom. The number of hydroxylamine groups is 2. The van der Waals surface area contributed by atoms with Crippen LogP contribution in [-0.4, -0.2) is 70.4 Å². The van der Waals surface area contributed by atoms with E-state index >= 15 is 8.78 Å². The van der Waals surface area contributed by atoms with Crippen molar-refractivity contribution in [3.8, 4) is 6.07 Å². The van der Waals surface area contributed by atoms with Gasteiger partial charge in [-0.15, -0.1) is 0 Å². The van der Waals surface area contributed by atoms with Crippen LogP contribution in [0.4, 0.5) is 8.78 Å². The Morgan fingerprint density at radius 3 is 2.66 bits per heavy atom. The number of alkyl halides is 2. The van der Waals surface area contributed by atoms with Crippen molar-refractivity contribution in [3.05, 3.63) is 58.7 Å². The number of allylic oxidation sites excluding steroid dienone is 4. The van der Waals surface area contributed by atoms with Gasteiger partial charge in [0.2, 0.25) is 0 Å². The van der Waals surface area contributed by atoms with Gasteiger partial charge in [-0.25, -0.2) is 8.78 Å². The number of likely N-dealkylation sites (N-methyl/N-ethyl adjacent to an activating group) is 1. The van der Waals surface area contributed by atoms with Gasteiger partial charge in [-0.2, -0.15) is 10.3 Å². The highest BCUT2D eigenvalue weighted by atomic mass is 35.5. The van der Waals surface area contributed by atoms with Crippen LogP contribution in [0.5, 0.6) is 0 Å². The molecule has 1 N–H and O–H groups in total. The van der Waals surface area contributed by atoms with Gasteiger partial charge in [0.05, 0.1) is 12.2 Å². The van der Waals surface area contributed by atoms with Gasteiger partial charge >= 0.3 is 0 Å². The molecule has 0 unspecified atom stereocenters.